The van der Waals surface area contributed by atoms with Crippen LogP contribution in [0.3, 0.4) is 0 Å². The van der Waals surface area contributed by atoms with E-state index in [0.717, 1.165) is 40.3 Å². The summed E-state index contributed by atoms with van der Waals surface area (Å²) < 4.78 is 27.1. The summed E-state index contributed by atoms with van der Waals surface area (Å²) in [4.78, 5) is 0. The molecule has 4 aromatic rings. The zero-order chi connectivity index (χ0) is 31.2. The predicted octanol–water partition coefficient (Wildman–Crippen LogP) is 9.36. The molecule has 1 aliphatic carbocycles. The molecule has 4 aromatic carbocycles. The summed E-state index contributed by atoms with van der Waals surface area (Å²) in [7, 11) is 0. The lowest BCUT2D eigenvalue weighted by molar-refractivity contribution is -0.225. The van der Waals surface area contributed by atoms with Crippen molar-refractivity contribution in [3.63, 3.8) is 0 Å². The van der Waals surface area contributed by atoms with Gasteiger partial charge in [-0.25, -0.2) is 0 Å². The van der Waals surface area contributed by atoms with Crippen LogP contribution < -0.4 is 0 Å². The van der Waals surface area contributed by atoms with Gasteiger partial charge < -0.3 is 18.9 Å². The summed E-state index contributed by atoms with van der Waals surface area (Å²) in [6.45, 7) is 13.5. The topological polar surface area (TPSA) is 36.9 Å². The van der Waals surface area contributed by atoms with E-state index >= 15 is 0 Å². The van der Waals surface area contributed by atoms with Crippen molar-refractivity contribution in [2.45, 2.75) is 70.2 Å². The van der Waals surface area contributed by atoms with Crippen molar-refractivity contribution in [2.75, 3.05) is 13.2 Å². The van der Waals surface area contributed by atoms with Crippen LogP contribution in [0.1, 0.15) is 61.9 Å². The molecule has 0 bridgehead atoms. The molecular formula is C41H42O4. The summed E-state index contributed by atoms with van der Waals surface area (Å²) in [5.41, 5.74) is 8.51. The largest absolute Gasteiger partial charge is 0.379 e. The fraction of sp³-hybridized carbons (Fsp3) is 0.317. The molecule has 4 atom stereocenters. The number of allylic oxidation sites excluding steroid dienone is 1. The molecule has 4 nitrogen and oxygen atoms in total. The number of rotatable bonds is 8. The fourth-order valence-electron chi connectivity index (χ4n) is 7.58. The molecule has 0 amide bonds. The third-order valence-electron chi connectivity index (χ3n) is 9.38. The molecule has 2 heterocycles. The van der Waals surface area contributed by atoms with Crippen LogP contribution in [0.4, 0.5) is 0 Å². The van der Waals surface area contributed by atoms with E-state index in [4.69, 9.17) is 18.9 Å². The highest BCUT2D eigenvalue weighted by molar-refractivity contribution is 5.97. The van der Waals surface area contributed by atoms with Crippen molar-refractivity contribution in [3.8, 4) is 11.1 Å². The summed E-state index contributed by atoms with van der Waals surface area (Å²) in [5, 5.41) is 2.29. The smallest absolute Gasteiger partial charge is 0.164 e. The van der Waals surface area contributed by atoms with E-state index in [0.29, 0.717) is 13.2 Å². The van der Waals surface area contributed by atoms with Gasteiger partial charge in [-0.15, -0.1) is 0 Å². The van der Waals surface area contributed by atoms with Crippen LogP contribution in [-0.4, -0.2) is 37.3 Å². The van der Waals surface area contributed by atoms with Gasteiger partial charge in [0.05, 0.1) is 12.7 Å². The number of benzene rings is 4. The quantitative estimate of drug-likeness (QED) is 0.189. The summed E-state index contributed by atoms with van der Waals surface area (Å²) in [6.07, 6.45) is 9.38. The Balaban J connectivity index is 1.51. The number of hydrogen-bond donors (Lipinski definition) is 0. The molecule has 0 radical (unpaired) electrons. The second-order valence-electron chi connectivity index (χ2n) is 12.7. The molecule has 2 fully saturated rings. The van der Waals surface area contributed by atoms with Gasteiger partial charge in [0.1, 0.15) is 17.8 Å². The third kappa shape index (κ3) is 5.01. The van der Waals surface area contributed by atoms with Crippen molar-refractivity contribution in [3.05, 3.63) is 125 Å². The second kappa shape index (κ2) is 11.9. The molecule has 230 valence electrons. The Morgan fingerprint density at radius 2 is 1.64 bits per heavy atom. The minimum absolute atomic E-state index is 0.120. The van der Waals surface area contributed by atoms with Gasteiger partial charge in [0.2, 0.25) is 0 Å². The van der Waals surface area contributed by atoms with Gasteiger partial charge in [-0.05, 0) is 94.6 Å². The van der Waals surface area contributed by atoms with Crippen LogP contribution in [-0.2, 0) is 31.0 Å². The van der Waals surface area contributed by atoms with E-state index in [9.17, 15) is 0 Å². The zero-order valence-electron chi connectivity index (χ0n) is 26.7. The molecule has 45 heavy (non-hydrogen) atoms. The molecule has 2 aliphatic heterocycles. The lowest BCUT2D eigenvalue weighted by Crippen LogP contribution is -2.62. The summed E-state index contributed by atoms with van der Waals surface area (Å²) in [5.74, 6) is -0.805. The number of ether oxygens (including phenoxy) is 4. The first kappa shape index (κ1) is 29.9. The Hall–Kier alpha value is -3.80. The minimum Gasteiger partial charge on any atom is -0.379 e. The van der Waals surface area contributed by atoms with Crippen LogP contribution in [0.2, 0.25) is 0 Å². The highest BCUT2D eigenvalue weighted by Crippen LogP contribution is 2.58. The lowest BCUT2D eigenvalue weighted by Gasteiger charge is -2.55. The molecule has 0 N–H and O–H groups in total. The molecule has 2 saturated heterocycles. The first-order valence-corrected chi connectivity index (χ1v) is 16.2. The van der Waals surface area contributed by atoms with Gasteiger partial charge in [0.25, 0.3) is 0 Å². The molecule has 4 heteroatoms. The van der Waals surface area contributed by atoms with Crippen LogP contribution in [0.15, 0.2) is 97.1 Å². The Labute approximate surface area is 267 Å². The summed E-state index contributed by atoms with van der Waals surface area (Å²) >= 11 is 0. The monoisotopic (exact) mass is 598 g/mol. The van der Waals surface area contributed by atoms with Gasteiger partial charge in [-0.1, -0.05) is 105 Å². The molecule has 0 spiro atoms. The highest BCUT2D eigenvalue weighted by Gasteiger charge is 2.64. The Morgan fingerprint density at radius 3 is 2.42 bits per heavy atom. The Kier molecular flexibility index (Phi) is 7.87. The van der Waals surface area contributed by atoms with Gasteiger partial charge >= 0.3 is 0 Å². The van der Waals surface area contributed by atoms with Crippen molar-refractivity contribution in [1.82, 2.24) is 0 Å². The molecule has 3 aliphatic rings. The number of hydrogen-bond acceptors (Lipinski definition) is 4. The SMILES string of the molecule is C=Cc1cc(C2(C3OC(C)(C)OC3COCCC)OC3Cc4ccccc4-c4ccccc4/C=C\32)c2ccccc2c1/C=C\C. The maximum atomic E-state index is 7.36. The van der Waals surface area contributed by atoms with Gasteiger partial charge in [0, 0.05) is 13.0 Å². The van der Waals surface area contributed by atoms with Crippen LogP contribution in [0.5, 0.6) is 0 Å². The van der Waals surface area contributed by atoms with Crippen LogP contribution >= 0.6 is 0 Å². The van der Waals surface area contributed by atoms with E-state index in [-0.39, 0.29) is 12.2 Å². The first-order valence-electron chi connectivity index (χ1n) is 16.2. The van der Waals surface area contributed by atoms with E-state index in [2.05, 4.69) is 118 Å². The third-order valence-corrected chi connectivity index (χ3v) is 9.38. The molecule has 0 saturated carbocycles. The van der Waals surface area contributed by atoms with Crippen molar-refractivity contribution < 1.29 is 18.9 Å². The molecule has 4 unspecified atom stereocenters. The molecule has 7 rings (SSSR count). The van der Waals surface area contributed by atoms with Gasteiger partial charge in [-0.3, -0.25) is 0 Å². The predicted molar refractivity (Wildman–Crippen MR) is 184 cm³/mol. The first-order chi connectivity index (χ1) is 21.9. The maximum Gasteiger partial charge on any atom is 0.164 e. The van der Waals surface area contributed by atoms with Gasteiger partial charge in [0.15, 0.2) is 5.79 Å². The average Bonchev–Trinajstić information content (AvgIpc) is 3.36. The Bertz CT molecular complexity index is 1810. The summed E-state index contributed by atoms with van der Waals surface area (Å²) in [6, 6.07) is 28.3. The van der Waals surface area contributed by atoms with Crippen LogP contribution in [0.25, 0.3) is 40.1 Å². The fourth-order valence-corrected chi connectivity index (χ4v) is 7.58. The standard InChI is InChI=1S/C41H42O4/c1-6-15-30-27(8-3)23-35(34-21-14-13-20-33(30)34)41(39-38(26-42-22-7-2)43-40(4,5)45-39)36-24-28-16-9-11-18-31(28)32-19-12-10-17-29(32)25-37(36)44-41/h6,8-21,23-24,37-39H,3,7,22,25-26H2,1-2,4-5H3/b15-6-,36-24+. The van der Waals surface area contributed by atoms with E-state index in [1.165, 1.54) is 27.8 Å². The molecule has 0 aromatic heterocycles. The van der Waals surface area contributed by atoms with Crippen LogP contribution in [0, 0.1) is 0 Å². The average molecular weight is 599 g/mol. The number of fused-ring (bicyclic) bond motifs is 5. The van der Waals surface area contributed by atoms with Gasteiger partial charge in [-0.2, -0.15) is 0 Å². The minimum atomic E-state index is -0.913. The molecular weight excluding hydrogens is 556 g/mol. The lowest BCUT2D eigenvalue weighted by atomic mass is 9.67. The van der Waals surface area contributed by atoms with Crippen molar-refractivity contribution >= 4 is 29.0 Å². The second-order valence-corrected chi connectivity index (χ2v) is 12.7. The van der Waals surface area contributed by atoms with E-state index in [1.807, 2.05) is 19.9 Å². The van der Waals surface area contributed by atoms with Crippen molar-refractivity contribution in [2.24, 2.45) is 0 Å². The Morgan fingerprint density at radius 1 is 0.911 bits per heavy atom. The normalized spacial score (nSPS) is 26.2. The highest BCUT2D eigenvalue weighted by atomic mass is 16.8. The van der Waals surface area contributed by atoms with E-state index in [1.54, 1.807) is 0 Å². The van der Waals surface area contributed by atoms with E-state index < -0.39 is 17.5 Å². The zero-order valence-corrected chi connectivity index (χ0v) is 26.7. The van der Waals surface area contributed by atoms with Crippen molar-refractivity contribution in [1.29, 1.82) is 0 Å². The maximum absolute atomic E-state index is 7.36.